The summed E-state index contributed by atoms with van der Waals surface area (Å²) in [5, 5.41) is 0. The molecule has 0 aliphatic heterocycles. The predicted molar refractivity (Wildman–Crippen MR) is 59.2 cm³/mol. The van der Waals surface area contributed by atoms with Crippen molar-refractivity contribution in [3.8, 4) is 0 Å². The smallest absolute Gasteiger partial charge is 0.182 e. The van der Waals surface area contributed by atoms with Crippen LogP contribution < -0.4 is 0 Å². The molecule has 0 aliphatic carbocycles. The van der Waals surface area contributed by atoms with Crippen LogP contribution >= 0.6 is 0 Å². The van der Waals surface area contributed by atoms with Gasteiger partial charge >= 0.3 is 0 Å². The summed E-state index contributed by atoms with van der Waals surface area (Å²) in [5.74, 6) is 0. The molecule has 0 aromatic carbocycles. The number of hydrogen-bond acceptors (Lipinski definition) is 3. The minimum atomic E-state index is 0.819. The molecule has 0 unspecified atom stereocenters. The fourth-order valence-electron chi connectivity index (χ4n) is 0.920. The van der Waals surface area contributed by atoms with E-state index >= 15 is 0 Å². The Labute approximate surface area is 85.2 Å². The monoisotopic (exact) mass is 194 g/mol. The number of pyridine rings is 1. The van der Waals surface area contributed by atoms with Crippen molar-refractivity contribution in [3.05, 3.63) is 24.4 Å². The maximum absolute atomic E-state index is 5.10. The molecular weight excluding hydrogens is 176 g/mol. The third-order valence-corrected chi connectivity index (χ3v) is 1.42. The number of hydrogen-bond donors (Lipinski definition) is 0. The van der Waals surface area contributed by atoms with Crippen LogP contribution in [0.2, 0.25) is 0 Å². The zero-order valence-corrected chi connectivity index (χ0v) is 9.53. The molecule has 0 saturated carbocycles. The molecule has 0 N–H and O–H groups in total. The molecular formula is C11H18N2O. The van der Waals surface area contributed by atoms with Gasteiger partial charge in [-0.2, -0.15) is 0 Å². The lowest BCUT2D eigenvalue weighted by molar-refractivity contribution is 0.599. The normalized spacial score (nSPS) is 8.36. The number of oxazole rings is 1. The Morgan fingerprint density at radius 3 is 2.29 bits per heavy atom. The van der Waals surface area contributed by atoms with E-state index in [2.05, 4.69) is 9.97 Å². The van der Waals surface area contributed by atoms with Crippen molar-refractivity contribution in [2.24, 2.45) is 0 Å². The maximum atomic E-state index is 5.10. The molecule has 2 heterocycles. The van der Waals surface area contributed by atoms with E-state index in [1.165, 1.54) is 6.39 Å². The molecule has 2 rings (SSSR count). The highest BCUT2D eigenvalue weighted by Gasteiger charge is 1.99. The van der Waals surface area contributed by atoms with Gasteiger partial charge in [0.1, 0.15) is 5.52 Å². The first-order valence-corrected chi connectivity index (χ1v) is 5.02. The summed E-state index contributed by atoms with van der Waals surface area (Å²) in [6.45, 7) is 9.94. The lowest BCUT2D eigenvalue weighted by Crippen LogP contribution is -1.76. The van der Waals surface area contributed by atoms with E-state index in [4.69, 9.17) is 4.42 Å². The van der Waals surface area contributed by atoms with E-state index in [0.29, 0.717) is 0 Å². The van der Waals surface area contributed by atoms with Gasteiger partial charge in [-0.25, -0.2) is 4.98 Å². The summed E-state index contributed by atoms with van der Waals surface area (Å²) < 4.78 is 5.10. The van der Waals surface area contributed by atoms with Crippen molar-refractivity contribution < 1.29 is 4.42 Å². The Hall–Kier alpha value is -1.38. The molecule has 78 valence electrons. The van der Waals surface area contributed by atoms with Gasteiger partial charge in [-0.1, -0.05) is 27.7 Å². The van der Waals surface area contributed by atoms with Crippen molar-refractivity contribution in [3.63, 3.8) is 0 Å². The summed E-state index contributed by atoms with van der Waals surface area (Å²) >= 11 is 0. The topological polar surface area (TPSA) is 38.9 Å². The van der Waals surface area contributed by atoms with Crippen LogP contribution in [0.25, 0.3) is 11.1 Å². The zero-order valence-electron chi connectivity index (χ0n) is 9.53. The number of nitrogens with zero attached hydrogens (tertiary/aromatic N) is 2. The second kappa shape index (κ2) is 7.06. The summed E-state index contributed by atoms with van der Waals surface area (Å²) in [7, 11) is 0. The van der Waals surface area contributed by atoms with E-state index in [1.54, 1.807) is 12.4 Å². The molecule has 3 nitrogen and oxygen atoms in total. The van der Waals surface area contributed by atoms with Crippen LogP contribution in [0.4, 0.5) is 0 Å². The van der Waals surface area contributed by atoms with Gasteiger partial charge in [0, 0.05) is 11.8 Å². The lowest BCUT2D eigenvalue weighted by Gasteiger charge is -1.88. The summed E-state index contributed by atoms with van der Waals surface area (Å²) in [6.07, 6.45) is 4.87. The van der Waals surface area contributed by atoms with Crippen molar-refractivity contribution in [1.82, 2.24) is 9.97 Å². The maximum Gasteiger partial charge on any atom is 0.182 e. The molecule has 2 aromatic heterocycles. The van der Waals surface area contributed by atoms with E-state index in [-0.39, 0.29) is 0 Å². The van der Waals surface area contributed by atoms with Crippen LogP contribution in [0.1, 0.15) is 33.3 Å². The standard InChI is InChI=1S/C7H6N2O.2C2H6/c1-5-2-8-3-6-7(5)10-4-9-6;2*1-2/h2-4H,1H3;2*1-2H3. The van der Waals surface area contributed by atoms with E-state index in [1.807, 2.05) is 34.6 Å². The molecule has 0 bridgehead atoms. The van der Waals surface area contributed by atoms with Crippen molar-refractivity contribution in [1.29, 1.82) is 0 Å². The van der Waals surface area contributed by atoms with Gasteiger partial charge in [0.15, 0.2) is 12.0 Å². The van der Waals surface area contributed by atoms with Crippen molar-refractivity contribution in [2.45, 2.75) is 34.6 Å². The van der Waals surface area contributed by atoms with Gasteiger partial charge in [0.05, 0.1) is 6.20 Å². The molecule has 0 aliphatic rings. The van der Waals surface area contributed by atoms with Gasteiger partial charge in [-0.15, -0.1) is 0 Å². The summed E-state index contributed by atoms with van der Waals surface area (Å²) in [6, 6.07) is 0. The molecule has 0 saturated heterocycles. The van der Waals surface area contributed by atoms with Gasteiger partial charge in [0.2, 0.25) is 0 Å². The summed E-state index contributed by atoms with van der Waals surface area (Å²) in [4.78, 5) is 7.91. The first-order chi connectivity index (χ1) is 6.88. The SMILES string of the molecule is CC.CC.Cc1cncc2ncoc12. The second-order valence-corrected chi connectivity index (χ2v) is 2.16. The highest BCUT2D eigenvalue weighted by molar-refractivity contribution is 5.73. The Bertz CT molecular complexity index is 355. The van der Waals surface area contributed by atoms with Crippen LogP contribution in [-0.4, -0.2) is 9.97 Å². The molecule has 0 fully saturated rings. The van der Waals surface area contributed by atoms with Crippen LogP contribution in [0.5, 0.6) is 0 Å². The predicted octanol–water partition coefficient (Wildman–Crippen LogP) is 3.58. The Morgan fingerprint density at radius 2 is 1.71 bits per heavy atom. The first kappa shape index (κ1) is 12.6. The fourth-order valence-corrected chi connectivity index (χ4v) is 0.920. The second-order valence-electron chi connectivity index (χ2n) is 2.16. The van der Waals surface area contributed by atoms with E-state index in [9.17, 15) is 0 Å². The number of aryl methyl sites for hydroxylation is 1. The third-order valence-electron chi connectivity index (χ3n) is 1.42. The molecule has 14 heavy (non-hydrogen) atoms. The average molecular weight is 194 g/mol. The third kappa shape index (κ3) is 2.83. The molecule has 0 radical (unpaired) electrons. The zero-order chi connectivity index (χ0) is 11.0. The molecule has 0 spiro atoms. The molecule has 3 heteroatoms. The Morgan fingerprint density at radius 1 is 1.07 bits per heavy atom. The molecule has 2 aromatic rings. The number of fused-ring (bicyclic) bond motifs is 1. The minimum Gasteiger partial charge on any atom is -0.443 e. The highest BCUT2D eigenvalue weighted by Crippen LogP contribution is 2.13. The van der Waals surface area contributed by atoms with Crippen LogP contribution in [-0.2, 0) is 0 Å². The van der Waals surface area contributed by atoms with Crippen LogP contribution in [0, 0.1) is 6.92 Å². The molecule has 0 atom stereocenters. The van der Waals surface area contributed by atoms with Gasteiger partial charge in [-0.05, 0) is 6.92 Å². The van der Waals surface area contributed by atoms with Crippen LogP contribution in [0.15, 0.2) is 23.2 Å². The van der Waals surface area contributed by atoms with E-state index < -0.39 is 0 Å². The fraction of sp³-hybridized carbons (Fsp3) is 0.455. The Kier molecular flexibility index (Phi) is 6.37. The largest absolute Gasteiger partial charge is 0.443 e. The number of aromatic nitrogens is 2. The van der Waals surface area contributed by atoms with Gasteiger partial charge in [-0.3, -0.25) is 4.98 Å². The van der Waals surface area contributed by atoms with Crippen molar-refractivity contribution >= 4 is 11.1 Å². The van der Waals surface area contributed by atoms with E-state index in [0.717, 1.165) is 16.7 Å². The van der Waals surface area contributed by atoms with Gasteiger partial charge in [0.25, 0.3) is 0 Å². The average Bonchev–Trinajstić information content (AvgIpc) is 2.73. The van der Waals surface area contributed by atoms with Crippen LogP contribution in [0.3, 0.4) is 0 Å². The minimum absolute atomic E-state index is 0.819. The quantitative estimate of drug-likeness (QED) is 0.643. The highest BCUT2D eigenvalue weighted by atomic mass is 16.3. The Balaban J connectivity index is 0.000000379. The summed E-state index contributed by atoms with van der Waals surface area (Å²) in [5.41, 5.74) is 2.67. The molecule has 0 amide bonds. The first-order valence-electron chi connectivity index (χ1n) is 5.02. The lowest BCUT2D eigenvalue weighted by atomic mass is 10.3. The number of rotatable bonds is 0. The van der Waals surface area contributed by atoms with Gasteiger partial charge < -0.3 is 4.42 Å². The van der Waals surface area contributed by atoms with Crippen molar-refractivity contribution in [2.75, 3.05) is 0 Å².